The molecule has 0 radical (unpaired) electrons. The lowest BCUT2D eigenvalue weighted by atomic mass is 10.2. The third-order valence-electron chi connectivity index (χ3n) is 5.47. The quantitative estimate of drug-likeness (QED) is 0.508. The lowest BCUT2D eigenvalue weighted by Gasteiger charge is -2.13. The number of benzene rings is 1. The Balaban J connectivity index is 2.20. The van der Waals surface area contributed by atoms with Crippen molar-refractivity contribution in [1.82, 2.24) is 23.1 Å². The number of imidazole rings is 1. The molecule has 0 saturated carbocycles. The van der Waals surface area contributed by atoms with Gasteiger partial charge in [-0.2, -0.15) is 4.98 Å². The SMILES string of the molecule is CCc1c(O)n2c3c(=O)n(CC)c(=O)n(CC)c3nc2n(Cc2ccc(Cl)cc2)c1=O. The molecule has 3 heterocycles. The van der Waals surface area contributed by atoms with Crippen LogP contribution < -0.4 is 16.8 Å². The van der Waals surface area contributed by atoms with Crippen LogP contribution in [0.4, 0.5) is 0 Å². The van der Waals surface area contributed by atoms with E-state index >= 15 is 0 Å². The molecule has 0 aliphatic rings. The van der Waals surface area contributed by atoms with Crippen molar-refractivity contribution in [3.05, 3.63) is 71.6 Å². The van der Waals surface area contributed by atoms with E-state index in [4.69, 9.17) is 11.6 Å². The summed E-state index contributed by atoms with van der Waals surface area (Å²) in [6.45, 7) is 5.84. The van der Waals surface area contributed by atoms with Crippen LogP contribution in [0.25, 0.3) is 16.9 Å². The van der Waals surface area contributed by atoms with E-state index in [1.807, 2.05) is 0 Å². The fourth-order valence-corrected chi connectivity index (χ4v) is 4.01. The summed E-state index contributed by atoms with van der Waals surface area (Å²) >= 11 is 5.97. The summed E-state index contributed by atoms with van der Waals surface area (Å²) < 4.78 is 5.16. The highest BCUT2D eigenvalue weighted by Crippen LogP contribution is 2.22. The summed E-state index contributed by atoms with van der Waals surface area (Å²) in [5, 5.41) is 11.5. The normalized spacial score (nSPS) is 11.6. The van der Waals surface area contributed by atoms with Crippen molar-refractivity contribution in [2.45, 2.75) is 46.8 Å². The molecule has 4 rings (SSSR count). The molecule has 3 aromatic heterocycles. The Hall–Kier alpha value is -3.33. The Morgan fingerprint density at radius 1 is 0.935 bits per heavy atom. The van der Waals surface area contributed by atoms with Crippen molar-refractivity contribution in [3.63, 3.8) is 0 Å². The van der Waals surface area contributed by atoms with Crippen LogP contribution in [0, 0.1) is 0 Å². The topological polar surface area (TPSA) is 104 Å². The second-order valence-corrected chi connectivity index (χ2v) is 7.61. The van der Waals surface area contributed by atoms with Crippen LogP contribution in [-0.4, -0.2) is 28.2 Å². The maximum atomic E-state index is 13.2. The Morgan fingerprint density at radius 2 is 1.58 bits per heavy atom. The Labute approximate surface area is 181 Å². The first-order valence-electron chi connectivity index (χ1n) is 10.1. The van der Waals surface area contributed by atoms with E-state index in [-0.39, 0.29) is 54.4 Å². The van der Waals surface area contributed by atoms with Crippen LogP contribution in [0.5, 0.6) is 5.88 Å². The van der Waals surface area contributed by atoms with E-state index in [2.05, 4.69) is 4.98 Å². The maximum absolute atomic E-state index is 13.2. The molecule has 0 bridgehead atoms. The van der Waals surface area contributed by atoms with Crippen LogP contribution >= 0.6 is 11.6 Å². The molecule has 4 aromatic rings. The fraction of sp³-hybridized carbons (Fsp3) is 0.333. The highest BCUT2D eigenvalue weighted by Gasteiger charge is 2.24. The van der Waals surface area contributed by atoms with Gasteiger partial charge in [0.05, 0.1) is 12.1 Å². The molecule has 0 aliphatic carbocycles. The van der Waals surface area contributed by atoms with Gasteiger partial charge < -0.3 is 5.11 Å². The molecule has 0 saturated heterocycles. The van der Waals surface area contributed by atoms with E-state index in [0.717, 1.165) is 10.1 Å². The predicted molar refractivity (Wildman–Crippen MR) is 118 cm³/mol. The average Bonchev–Trinajstić information content (AvgIpc) is 3.14. The average molecular weight is 444 g/mol. The molecule has 10 heteroatoms. The van der Waals surface area contributed by atoms with Crippen molar-refractivity contribution in [3.8, 4) is 5.88 Å². The Kier molecular flexibility index (Phi) is 5.22. The number of fused-ring (bicyclic) bond motifs is 3. The van der Waals surface area contributed by atoms with Gasteiger partial charge in [-0.25, -0.2) is 9.20 Å². The lowest BCUT2D eigenvalue weighted by molar-refractivity contribution is 0.434. The van der Waals surface area contributed by atoms with Crippen LogP contribution in [0.1, 0.15) is 31.9 Å². The zero-order chi connectivity index (χ0) is 22.4. The number of aromatic hydroxyl groups is 1. The Morgan fingerprint density at radius 3 is 2.16 bits per heavy atom. The second-order valence-electron chi connectivity index (χ2n) is 7.17. The van der Waals surface area contributed by atoms with Gasteiger partial charge in [0.15, 0.2) is 11.2 Å². The van der Waals surface area contributed by atoms with Crippen molar-refractivity contribution in [2.24, 2.45) is 0 Å². The van der Waals surface area contributed by atoms with E-state index in [1.54, 1.807) is 45.0 Å². The van der Waals surface area contributed by atoms with Gasteiger partial charge in [-0.15, -0.1) is 0 Å². The van der Waals surface area contributed by atoms with E-state index in [0.29, 0.717) is 5.02 Å². The molecule has 1 N–H and O–H groups in total. The van der Waals surface area contributed by atoms with E-state index in [9.17, 15) is 19.5 Å². The van der Waals surface area contributed by atoms with Crippen molar-refractivity contribution < 1.29 is 5.11 Å². The van der Waals surface area contributed by atoms with Crippen molar-refractivity contribution >= 4 is 28.5 Å². The van der Waals surface area contributed by atoms with Gasteiger partial charge in [0.2, 0.25) is 11.7 Å². The van der Waals surface area contributed by atoms with Crippen molar-refractivity contribution in [2.75, 3.05) is 0 Å². The summed E-state index contributed by atoms with van der Waals surface area (Å²) in [6, 6.07) is 7.02. The molecule has 0 spiro atoms. The number of hydrogen-bond acceptors (Lipinski definition) is 5. The van der Waals surface area contributed by atoms with Gasteiger partial charge in [-0.3, -0.25) is 23.3 Å². The minimum Gasteiger partial charge on any atom is -0.494 e. The summed E-state index contributed by atoms with van der Waals surface area (Å²) in [4.78, 5) is 43.6. The minimum atomic E-state index is -0.561. The van der Waals surface area contributed by atoms with Gasteiger partial charge >= 0.3 is 5.69 Å². The van der Waals surface area contributed by atoms with Crippen molar-refractivity contribution in [1.29, 1.82) is 0 Å². The summed E-state index contributed by atoms with van der Waals surface area (Å²) in [6.07, 6.45) is 0.260. The fourth-order valence-electron chi connectivity index (χ4n) is 3.88. The molecule has 0 atom stereocenters. The Bertz CT molecular complexity index is 1490. The molecule has 162 valence electrons. The maximum Gasteiger partial charge on any atom is 0.332 e. The first kappa shape index (κ1) is 20.9. The standard InChI is InChI=1S/C21H22ClN5O4/c1-4-14-17(28)26(11-12-7-9-13(22)10-8-12)20-23-16-15(27(20)18(14)29)19(30)25(6-3)21(31)24(16)5-2/h7-10,29H,4-6,11H2,1-3H3. The first-order chi connectivity index (χ1) is 14.8. The number of nitrogens with zero attached hydrogens (tertiary/aromatic N) is 5. The van der Waals surface area contributed by atoms with Gasteiger partial charge in [0.1, 0.15) is 0 Å². The monoisotopic (exact) mass is 443 g/mol. The highest BCUT2D eigenvalue weighted by atomic mass is 35.5. The number of aryl methyl sites for hydroxylation is 1. The number of halogens is 1. The summed E-state index contributed by atoms with van der Waals surface area (Å²) in [7, 11) is 0. The van der Waals surface area contributed by atoms with Gasteiger partial charge in [0.25, 0.3) is 11.1 Å². The summed E-state index contributed by atoms with van der Waals surface area (Å²) in [5.74, 6) is -0.240. The largest absolute Gasteiger partial charge is 0.494 e. The molecule has 0 aliphatic heterocycles. The second kappa shape index (κ2) is 7.73. The third kappa shape index (κ3) is 3.07. The summed E-state index contributed by atoms with van der Waals surface area (Å²) in [5.41, 5.74) is -0.282. The van der Waals surface area contributed by atoms with Gasteiger partial charge in [-0.05, 0) is 38.0 Å². The predicted octanol–water partition coefficient (Wildman–Crippen LogP) is 1.98. The molecule has 9 nitrogen and oxygen atoms in total. The molecule has 31 heavy (non-hydrogen) atoms. The van der Waals surface area contributed by atoms with E-state index in [1.165, 1.54) is 13.5 Å². The molecule has 1 aromatic carbocycles. The number of aromatic nitrogens is 5. The van der Waals surface area contributed by atoms with Crippen LogP contribution in [0.3, 0.4) is 0 Å². The van der Waals surface area contributed by atoms with Crippen LogP contribution in [-0.2, 0) is 26.1 Å². The zero-order valence-electron chi connectivity index (χ0n) is 17.4. The molecular weight excluding hydrogens is 422 g/mol. The molecule has 0 unspecified atom stereocenters. The van der Waals surface area contributed by atoms with Crippen LogP contribution in [0.2, 0.25) is 5.02 Å². The minimum absolute atomic E-state index is 0.0651. The van der Waals surface area contributed by atoms with Crippen LogP contribution in [0.15, 0.2) is 38.6 Å². The van der Waals surface area contributed by atoms with E-state index < -0.39 is 16.8 Å². The molecule has 0 fully saturated rings. The molecular formula is C21H22ClN5O4. The third-order valence-corrected chi connectivity index (χ3v) is 5.72. The first-order valence-corrected chi connectivity index (χ1v) is 10.5. The highest BCUT2D eigenvalue weighted by molar-refractivity contribution is 6.30. The smallest absolute Gasteiger partial charge is 0.332 e. The van der Waals surface area contributed by atoms with Gasteiger partial charge in [0, 0.05) is 18.1 Å². The number of hydrogen-bond donors (Lipinski definition) is 1. The lowest BCUT2D eigenvalue weighted by Crippen LogP contribution is -2.39. The molecule has 0 amide bonds. The van der Waals surface area contributed by atoms with Gasteiger partial charge in [-0.1, -0.05) is 30.7 Å². The number of rotatable bonds is 5. The zero-order valence-corrected chi connectivity index (χ0v) is 18.2.